The van der Waals surface area contributed by atoms with E-state index in [1.807, 2.05) is 0 Å². The van der Waals surface area contributed by atoms with Crippen molar-refractivity contribution < 1.29 is 34.0 Å². The Morgan fingerprint density at radius 1 is 0.333 bits per heavy atom. The van der Waals surface area contributed by atoms with Gasteiger partial charge in [-0.25, -0.2) is 0 Å². The highest BCUT2D eigenvalue weighted by atomic mass is 79.9. The zero-order valence-corrected chi connectivity index (χ0v) is 24.8. The lowest BCUT2D eigenvalue weighted by molar-refractivity contribution is -0.001000. The van der Waals surface area contributed by atoms with Gasteiger partial charge < -0.3 is 34.0 Å². The molecule has 0 aromatic carbocycles. The largest absolute Gasteiger partial charge is 1.00 e. The van der Waals surface area contributed by atoms with Gasteiger partial charge in [0.05, 0.1) is 35.0 Å². The molecule has 0 amide bonds. The van der Waals surface area contributed by atoms with E-state index in [2.05, 4.69) is 0 Å². The Labute approximate surface area is 212 Å². The van der Waals surface area contributed by atoms with E-state index in [1.54, 1.807) is 141 Å². The summed E-state index contributed by atoms with van der Waals surface area (Å²) in [6, 6.07) is 0. The van der Waals surface area contributed by atoms with Gasteiger partial charge in [-0.3, -0.25) is 0 Å². The van der Waals surface area contributed by atoms with Crippen LogP contribution in [0.3, 0.4) is 0 Å². The maximum absolute atomic E-state index is 1.77. The minimum absolute atomic E-state index is 0. The van der Waals surface area contributed by atoms with Gasteiger partial charge >= 0.3 is 0 Å². The minimum Gasteiger partial charge on any atom is -1.00 e. The quantitative estimate of drug-likeness (QED) is 0.404. The van der Waals surface area contributed by atoms with Crippen LogP contribution in [0, 0.1) is 0 Å². The summed E-state index contributed by atoms with van der Waals surface area (Å²) in [4.78, 5) is 0. The zero-order chi connectivity index (χ0) is 19.0. The lowest BCUT2D eigenvalue weighted by Crippen LogP contribution is -3.00. The summed E-state index contributed by atoms with van der Waals surface area (Å²) in [6.45, 7) is 0. The standard InChI is InChI=1S/C26H48P2.2BrH/c1-5-13-23(14-6-1)27(24-15-7-2-8-16-24)21-22-28(25-17-9-3-10-18-25)26-19-11-4-12-20-26;;/h23-26H,1-22H2;2*1H. The summed E-state index contributed by atoms with van der Waals surface area (Å²) in [5, 5.41) is 0. The van der Waals surface area contributed by atoms with E-state index >= 15 is 0 Å². The lowest BCUT2D eigenvalue weighted by atomic mass is 9.99. The molecule has 0 aliphatic heterocycles. The summed E-state index contributed by atoms with van der Waals surface area (Å²) >= 11 is 0. The normalized spacial score (nSPS) is 25.8. The van der Waals surface area contributed by atoms with Gasteiger partial charge in [0.15, 0.2) is 0 Å². The maximum atomic E-state index is 1.77. The van der Waals surface area contributed by atoms with Gasteiger partial charge in [0.1, 0.15) is 0 Å². The number of hydrogen-bond acceptors (Lipinski definition) is 0. The van der Waals surface area contributed by atoms with Crippen LogP contribution in [0.25, 0.3) is 0 Å². The zero-order valence-electron chi connectivity index (χ0n) is 19.6. The molecule has 0 bridgehead atoms. The Balaban J connectivity index is 0.00000160. The fourth-order valence-electron chi connectivity index (χ4n) is 7.67. The molecule has 0 aromatic heterocycles. The fraction of sp³-hybridized carbons (Fsp3) is 1.00. The van der Waals surface area contributed by atoms with Crippen molar-refractivity contribution in [3.63, 3.8) is 0 Å². The lowest BCUT2D eigenvalue weighted by Gasteiger charge is -2.35. The molecule has 30 heavy (non-hydrogen) atoms. The van der Waals surface area contributed by atoms with Crippen molar-refractivity contribution in [1.29, 1.82) is 0 Å². The van der Waals surface area contributed by atoms with Gasteiger partial charge in [0.25, 0.3) is 0 Å². The highest BCUT2D eigenvalue weighted by molar-refractivity contribution is 7.63. The molecule has 0 nitrogen and oxygen atoms in total. The molecule has 0 heterocycles. The average molecular weight is 584 g/mol. The summed E-state index contributed by atoms with van der Waals surface area (Å²) in [7, 11) is -0.182. The molecule has 0 aromatic rings. The molecule has 4 heteroatoms. The van der Waals surface area contributed by atoms with E-state index in [9.17, 15) is 0 Å². The SMILES string of the molecule is C1CCC([PH+](CC[PH+](C2CCCCC2)C2CCCCC2)C2CCCCC2)CC1.[Br-].[Br-]. The predicted molar refractivity (Wildman–Crippen MR) is 134 cm³/mol. The van der Waals surface area contributed by atoms with Crippen molar-refractivity contribution >= 4 is 15.8 Å². The van der Waals surface area contributed by atoms with E-state index in [0.29, 0.717) is 0 Å². The Hall–Kier alpha value is 1.82. The number of hydrogen-bond donors (Lipinski definition) is 0. The Morgan fingerprint density at radius 3 is 0.733 bits per heavy atom. The molecular formula is C26H50Br2P2. The van der Waals surface area contributed by atoms with Crippen LogP contribution >= 0.6 is 15.8 Å². The van der Waals surface area contributed by atoms with Gasteiger partial charge in [-0.15, -0.1) is 0 Å². The Bertz CT molecular complexity index is 347. The van der Waals surface area contributed by atoms with Crippen LogP contribution in [0.5, 0.6) is 0 Å². The summed E-state index contributed by atoms with van der Waals surface area (Å²) in [6.07, 6.45) is 35.5. The molecule has 4 aliphatic rings. The first-order valence-corrected chi connectivity index (χ1v) is 17.4. The van der Waals surface area contributed by atoms with Crippen LogP contribution < -0.4 is 34.0 Å². The molecule has 4 aliphatic carbocycles. The molecular weight excluding hydrogens is 534 g/mol. The summed E-state index contributed by atoms with van der Waals surface area (Å²) in [5.74, 6) is 0. The van der Waals surface area contributed by atoms with Crippen molar-refractivity contribution in [2.75, 3.05) is 12.3 Å². The van der Waals surface area contributed by atoms with Gasteiger partial charge in [-0.1, -0.05) is 25.7 Å². The minimum atomic E-state index is -0.0909. The second kappa shape index (κ2) is 15.7. The highest BCUT2D eigenvalue weighted by Crippen LogP contribution is 2.61. The van der Waals surface area contributed by atoms with E-state index in [0.717, 1.165) is 0 Å². The third-order valence-corrected chi connectivity index (χ3v) is 17.9. The van der Waals surface area contributed by atoms with Crippen LogP contribution in [-0.2, 0) is 0 Å². The van der Waals surface area contributed by atoms with Crippen molar-refractivity contribution in [1.82, 2.24) is 0 Å². The molecule has 4 rings (SSSR count). The van der Waals surface area contributed by atoms with Gasteiger partial charge in [-0.05, 0) is 103 Å². The topological polar surface area (TPSA) is 0 Å². The molecule has 178 valence electrons. The summed E-state index contributed by atoms with van der Waals surface area (Å²) in [5.41, 5.74) is 4.90. The first kappa shape index (κ1) is 28.1. The monoisotopic (exact) mass is 582 g/mol. The second-order valence-electron chi connectivity index (χ2n) is 11.0. The fourth-order valence-corrected chi connectivity index (χ4v) is 17.5. The molecule has 0 spiro atoms. The van der Waals surface area contributed by atoms with Gasteiger partial charge in [0, 0.05) is 15.8 Å². The van der Waals surface area contributed by atoms with E-state index < -0.39 is 0 Å². The van der Waals surface area contributed by atoms with Crippen LogP contribution in [0.1, 0.15) is 128 Å². The second-order valence-corrected chi connectivity index (χ2v) is 17.6. The van der Waals surface area contributed by atoms with Gasteiger partial charge in [0.2, 0.25) is 0 Å². The van der Waals surface area contributed by atoms with Crippen LogP contribution in [0.4, 0.5) is 0 Å². The van der Waals surface area contributed by atoms with Crippen molar-refractivity contribution in [2.24, 2.45) is 0 Å². The van der Waals surface area contributed by atoms with Crippen molar-refractivity contribution in [3.05, 3.63) is 0 Å². The van der Waals surface area contributed by atoms with Crippen molar-refractivity contribution in [2.45, 2.75) is 151 Å². The first-order chi connectivity index (χ1) is 13.9. The number of rotatable bonds is 7. The average Bonchev–Trinajstić information content (AvgIpc) is 2.79. The molecule has 4 saturated carbocycles. The molecule has 0 N–H and O–H groups in total. The third kappa shape index (κ3) is 8.24. The van der Waals surface area contributed by atoms with Crippen LogP contribution in [-0.4, -0.2) is 35.0 Å². The van der Waals surface area contributed by atoms with E-state index in [-0.39, 0.29) is 49.8 Å². The first-order valence-electron chi connectivity index (χ1n) is 13.6. The molecule has 0 atom stereocenters. The smallest absolute Gasteiger partial charge is 0.0910 e. The van der Waals surface area contributed by atoms with Crippen molar-refractivity contribution in [3.8, 4) is 0 Å². The molecule has 0 radical (unpaired) electrons. The number of halogens is 2. The Kier molecular flexibility index (Phi) is 14.7. The summed E-state index contributed by atoms with van der Waals surface area (Å²) < 4.78 is 0. The van der Waals surface area contributed by atoms with E-state index in [4.69, 9.17) is 0 Å². The van der Waals surface area contributed by atoms with E-state index in [1.165, 1.54) is 22.6 Å². The van der Waals surface area contributed by atoms with Gasteiger partial charge in [-0.2, -0.15) is 0 Å². The highest BCUT2D eigenvalue weighted by Gasteiger charge is 2.42. The molecule has 0 unspecified atom stereocenters. The Morgan fingerprint density at radius 2 is 0.533 bits per heavy atom. The van der Waals surface area contributed by atoms with Crippen LogP contribution in [0.2, 0.25) is 0 Å². The van der Waals surface area contributed by atoms with Crippen LogP contribution in [0.15, 0.2) is 0 Å². The predicted octanol–water partition coefficient (Wildman–Crippen LogP) is 2.75. The molecule has 4 fully saturated rings. The maximum Gasteiger partial charge on any atom is 0.0910 e. The third-order valence-electron chi connectivity index (χ3n) is 9.22. The molecule has 0 saturated heterocycles.